The minimum Gasteiger partial charge on any atom is -0.382 e. The molecule has 0 heterocycles. The standard InChI is InChI=1S/C15H25N3O2.HI/c1-18(2)15(16-9-10-20-12-11-19-3)17-13-14-7-5-4-6-8-14;/h4-8H,9-13H2,1-3H3,(H,16,17);1H. The van der Waals surface area contributed by atoms with E-state index in [1.807, 2.05) is 37.2 Å². The zero-order valence-electron chi connectivity index (χ0n) is 13.0. The third-order valence-corrected chi connectivity index (χ3v) is 2.64. The third-order valence-electron chi connectivity index (χ3n) is 2.64. The summed E-state index contributed by atoms with van der Waals surface area (Å²) in [6.45, 7) is 3.29. The lowest BCUT2D eigenvalue weighted by Gasteiger charge is -2.17. The number of methoxy groups -OCH3 is 1. The van der Waals surface area contributed by atoms with E-state index in [2.05, 4.69) is 22.4 Å². The van der Waals surface area contributed by atoms with Crippen molar-refractivity contribution in [1.82, 2.24) is 10.2 Å². The summed E-state index contributed by atoms with van der Waals surface area (Å²) in [4.78, 5) is 6.55. The Bertz CT molecular complexity index is 386. The van der Waals surface area contributed by atoms with E-state index < -0.39 is 0 Å². The van der Waals surface area contributed by atoms with Crippen molar-refractivity contribution in [2.24, 2.45) is 4.99 Å². The highest BCUT2D eigenvalue weighted by molar-refractivity contribution is 14.0. The van der Waals surface area contributed by atoms with Crippen molar-refractivity contribution in [2.75, 3.05) is 47.6 Å². The average molecular weight is 407 g/mol. The molecule has 1 N–H and O–H groups in total. The van der Waals surface area contributed by atoms with E-state index in [0.717, 1.165) is 12.5 Å². The molecule has 6 heteroatoms. The number of hydrogen-bond acceptors (Lipinski definition) is 3. The smallest absolute Gasteiger partial charge is 0.193 e. The second kappa shape index (κ2) is 12.8. The minimum atomic E-state index is 0. The van der Waals surface area contributed by atoms with Gasteiger partial charge in [0.05, 0.1) is 26.4 Å². The monoisotopic (exact) mass is 407 g/mol. The Kier molecular flexibility index (Phi) is 12.3. The van der Waals surface area contributed by atoms with Gasteiger partial charge in [0.25, 0.3) is 0 Å². The molecule has 0 spiro atoms. The van der Waals surface area contributed by atoms with Crippen LogP contribution < -0.4 is 5.32 Å². The van der Waals surface area contributed by atoms with Gasteiger partial charge in [0, 0.05) is 27.7 Å². The van der Waals surface area contributed by atoms with Crippen molar-refractivity contribution in [3.63, 3.8) is 0 Å². The van der Waals surface area contributed by atoms with Crippen LogP contribution in [0.1, 0.15) is 5.56 Å². The summed E-state index contributed by atoms with van der Waals surface area (Å²) in [6.07, 6.45) is 0. The molecule has 0 radical (unpaired) electrons. The van der Waals surface area contributed by atoms with E-state index in [4.69, 9.17) is 9.47 Å². The first kappa shape index (κ1) is 20.1. The van der Waals surface area contributed by atoms with E-state index >= 15 is 0 Å². The molecule has 0 aliphatic carbocycles. The molecule has 0 unspecified atom stereocenters. The number of aliphatic imine (C=N–C) groups is 1. The van der Waals surface area contributed by atoms with Gasteiger partial charge in [0.15, 0.2) is 5.96 Å². The van der Waals surface area contributed by atoms with Crippen molar-refractivity contribution in [3.8, 4) is 0 Å². The number of hydrogen-bond donors (Lipinski definition) is 1. The van der Waals surface area contributed by atoms with E-state index in [-0.39, 0.29) is 24.0 Å². The highest BCUT2D eigenvalue weighted by Gasteiger charge is 2.00. The van der Waals surface area contributed by atoms with Gasteiger partial charge in [-0.3, -0.25) is 0 Å². The molecular weight excluding hydrogens is 381 g/mol. The summed E-state index contributed by atoms with van der Waals surface area (Å²) in [5.74, 6) is 0.865. The lowest BCUT2D eigenvalue weighted by atomic mass is 10.2. The van der Waals surface area contributed by atoms with Crippen molar-refractivity contribution < 1.29 is 9.47 Å². The Labute approximate surface area is 144 Å². The zero-order valence-corrected chi connectivity index (χ0v) is 15.4. The summed E-state index contributed by atoms with van der Waals surface area (Å²) in [5, 5.41) is 3.28. The average Bonchev–Trinajstić information content (AvgIpc) is 2.46. The summed E-state index contributed by atoms with van der Waals surface area (Å²) >= 11 is 0. The van der Waals surface area contributed by atoms with E-state index in [0.29, 0.717) is 26.4 Å². The SMILES string of the molecule is COCCOCCNC(=NCc1ccccc1)N(C)C.I. The van der Waals surface area contributed by atoms with Crippen LogP contribution in [0.4, 0.5) is 0 Å². The number of ether oxygens (including phenoxy) is 2. The quantitative estimate of drug-likeness (QED) is 0.310. The molecule has 21 heavy (non-hydrogen) atoms. The number of benzene rings is 1. The van der Waals surface area contributed by atoms with Crippen LogP contribution in [0.5, 0.6) is 0 Å². The zero-order chi connectivity index (χ0) is 14.6. The van der Waals surface area contributed by atoms with Crippen LogP contribution in [0.3, 0.4) is 0 Å². The van der Waals surface area contributed by atoms with Crippen LogP contribution in [0.2, 0.25) is 0 Å². The Morgan fingerprint density at radius 2 is 1.86 bits per heavy atom. The van der Waals surface area contributed by atoms with Crippen molar-refractivity contribution in [2.45, 2.75) is 6.54 Å². The molecule has 0 atom stereocenters. The summed E-state index contributed by atoms with van der Waals surface area (Å²) in [7, 11) is 5.62. The Morgan fingerprint density at radius 1 is 1.14 bits per heavy atom. The van der Waals surface area contributed by atoms with Crippen LogP contribution in [-0.2, 0) is 16.0 Å². The first-order valence-electron chi connectivity index (χ1n) is 6.80. The number of rotatable bonds is 8. The van der Waals surface area contributed by atoms with Crippen molar-refractivity contribution >= 4 is 29.9 Å². The van der Waals surface area contributed by atoms with Gasteiger partial charge in [-0.15, -0.1) is 24.0 Å². The molecule has 120 valence electrons. The highest BCUT2D eigenvalue weighted by atomic mass is 127. The molecule has 1 aromatic rings. The largest absolute Gasteiger partial charge is 0.382 e. The van der Waals surface area contributed by atoms with E-state index in [9.17, 15) is 0 Å². The molecule has 0 saturated carbocycles. The highest BCUT2D eigenvalue weighted by Crippen LogP contribution is 2.00. The predicted octanol–water partition coefficient (Wildman–Crippen LogP) is 1.97. The molecular formula is C15H26IN3O2. The number of halogens is 1. The topological polar surface area (TPSA) is 46.1 Å². The third kappa shape index (κ3) is 9.65. The molecule has 0 aliphatic rings. The number of nitrogens with one attached hydrogen (secondary N) is 1. The number of guanidine groups is 1. The Balaban J connectivity index is 0.00000400. The fourth-order valence-electron chi connectivity index (χ4n) is 1.58. The van der Waals surface area contributed by atoms with Gasteiger partial charge in [-0.05, 0) is 5.56 Å². The molecule has 0 aliphatic heterocycles. The molecule has 0 fully saturated rings. The van der Waals surface area contributed by atoms with Crippen molar-refractivity contribution in [3.05, 3.63) is 35.9 Å². The predicted molar refractivity (Wildman–Crippen MR) is 97.4 cm³/mol. The summed E-state index contributed by atoms with van der Waals surface area (Å²) in [6, 6.07) is 10.2. The second-order valence-corrected chi connectivity index (χ2v) is 4.55. The second-order valence-electron chi connectivity index (χ2n) is 4.55. The molecule has 0 amide bonds. The fraction of sp³-hybridized carbons (Fsp3) is 0.533. The molecule has 0 saturated heterocycles. The van der Waals surface area contributed by atoms with Gasteiger partial charge in [0.1, 0.15) is 0 Å². The van der Waals surface area contributed by atoms with E-state index in [1.165, 1.54) is 5.56 Å². The summed E-state index contributed by atoms with van der Waals surface area (Å²) in [5.41, 5.74) is 1.20. The lowest BCUT2D eigenvalue weighted by Crippen LogP contribution is -2.38. The molecule has 1 aromatic carbocycles. The summed E-state index contributed by atoms with van der Waals surface area (Å²) < 4.78 is 10.3. The van der Waals surface area contributed by atoms with Crippen LogP contribution in [0.15, 0.2) is 35.3 Å². The van der Waals surface area contributed by atoms with Crippen LogP contribution in [0.25, 0.3) is 0 Å². The van der Waals surface area contributed by atoms with Crippen LogP contribution in [0, 0.1) is 0 Å². The first-order chi connectivity index (χ1) is 9.74. The fourth-order valence-corrected chi connectivity index (χ4v) is 1.58. The van der Waals surface area contributed by atoms with Crippen LogP contribution in [-0.4, -0.2) is 58.4 Å². The molecule has 0 aromatic heterocycles. The van der Waals surface area contributed by atoms with Gasteiger partial charge in [-0.25, -0.2) is 4.99 Å². The van der Waals surface area contributed by atoms with Gasteiger partial charge in [0.2, 0.25) is 0 Å². The molecule has 1 rings (SSSR count). The lowest BCUT2D eigenvalue weighted by molar-refractivity contribution is 0.0732. The molecule has 0 bridgehead atoms. The van der Waals surface area contributed by atoms with Gasteiger partial charge in [-0.1, -0.05) is 30.3 Å². The molecule has 5 nitrogen and oxygen atoms in total. The van der Waals surface area contributed by atoms with Crippen LogP contribution >= 0.6 is 24.0 Å². The Hall–Kier alpha value is -0.860. The number of nitrogens with zero attached hydrogens (tertiary/aromatic N) is 2. The Morgan fingerprint density at radius 3 is 2.48 bits per heavy atom. The van der Waals surface area contributed by atoms with Gasteiger partial charge in [-0.2, -0.15) is 0 Å². The maximum Gasteiger partial charge on any atom is 0.193 e. The van der Waals surface area contributed by atoms with Crippen molar-refractivity contribution in [1.29, 1.82) is 0 Å². The maximum atomic E-state index is 5.41. The first-order valence-corrected chi connectivity index (χ1v) is 6.80. The normalized spacial score (nSPS) is 10.9. The van der Waals surface area contributed by atoms with Gasteiger partial charge < -0.3 is 19.7 Å². The minimum absolute atomic E-state index is 0. The van der Waals surface area contributed by atoms with Gasteiger partial charge >= 0.3 is 0 Å². The maximum absolute atomic E-state index is 5.41. The van der Waals surface area contributed by atoms with E-state index in [1.54, 1.807) is 7.11 Å².